The molecule has 400 valence electrons. The molecule has 0 aromatic heterocycles. The lowest BCUT2D eigenvalue weighted by molar-refractivity contribution is -0.380. The Bertz CT molecular complexity index is 1770. The van der Waals surface area contributed by atoms with Crippen LogP contribution in [0.1, 0.15) is 100 Å². The molecule has 7 aliphatic rings. The van der Waals surface area contributed by atoms with Crippen LogP contribution in [-0.4, -0.2) is 213 Å². The van der Waals surface area contributed by atoms with Crippen molar-refractivity contribution in [2.45, 2.75) is 222 Å². The summed E-state index contributed by atoms with van der Waals surface area (Å²) in [6, 6.07) is 0. The maximum Gasteiger partial charge on any atom is 0.187 e. The van der Waals surface area contributed by atoms with E-state index < -0.39 is 175 Å². The molecular formula is C48H82O21. The van der Waals surface area contributed by atoms with Crippen molar-refractivity contribution in [1.82, 2.24) is 0 Å². The van der Waals surface area contributed by atoms with Crippen molar-refractivity contribution in [2.75, 3.05) is 19.8 Å². The van der Waals surface area contributed by atoms with Gasteiger partial charge in [0, 0.05) is 0 Å². The molecule has 0 aromatic rings. The fourth-order valence-corrected chi connectivity index (χ4v) is 15.0. The van der Waals surface area contributed by atoms with E-state index in [9.17, 15) is 71.6 Å². The summed E-state index contributed by atoms with van der Waals surface area (Å²) < 4.78 is 36.9. The van der Waals surface area contributed by atoms with Crippen molar-refractivity contribution in [1.29, 1.82) is 0 Å². The molecule has 3 aliphatic heterocycles. The molecule has 0 bridgehead atoms. The lowest BCUT2D eigenvalue weighted by Crippen LogP contribution is -2.70. The van der Waals surface area contributed by atoms with Gasteiger partial charge < -0.3 is 94.8 Å². The minimum atomic E-state index is -1.84. The van der Waals surface area contributed by atoms with Crippen molar-refractivity contribution in [3.05, 3.63) is 12.2 Å². The van der Waals surface area contributed by atoms with Crippen molar-refractivity contribution < 1.29 is 105 Å². The Morgan fingerprint density at radius 1 is 0.609 bits per heavy atom. The summed E-state index contributed by atoms with van der Waals surface area (Å²) in [5.41, 5.74) is -4.84. The van der Waals surface area contributed by atoms with Crippen molar-refractivity contribution >= 4 is 0 Å². The van der Waals surface area contributed by atoms with Crippen molar-refractivity contribution in [3.63, 3.8) is 0 Å². The largest absolute Gasteiger partial charge is 0.394 e. The maximum atomic E-state index is 12.7. The van der Waals surface area contributed by atoms with Gasteiger partial charge >= 0.3 is 0 Å². The van der Waals surface area contributed by atoms with E-state index in [2.05, 4.69) is 25.7 Å². The maximum absolute atomic E-state index is 12.7. The molecule has 0 aromatic carbocycles. The number of fused-ring (bicyclic) bond motifs is 5. The smallest absolute Gasteiger partial charge is 0.187 e. The molecule has 26 atom stereocenters. The number of aliphatic hydroxyl groups is 13. The zero-order valence-corrected chi connectivity index (χ0v) is 41.0. The predicted octanol–water partition coefficient (Wildman–Crippen LogP) is -1.59. The fourth-order valence-electron chi connectivity index (χ4n) is 15.0. The van der Waals surface area contributed by atoms with E-state index in [1.807, 2.05) is 20.8 Å². The van der Waals surface area contributed by atoms with Crippen LogP contribution in [0.2, 0.25) is 0 Å². The standard InChI is InChI=1S/C48H82O21/c1-43(2,69-62)12-9-13-48(8,68-41-37(61)34(58)31(55)25(19-50)64-41)21-10-15-46(6)29(21)22(52)16-27-45(5)14-11-28(44(3,4)39(45)23(53)17-47(27,46)7)66-42-38(35(59)32(56)26(20-51)65-42)67-40-36(60)33(57)30(54)24(18-49)63-40/h9,12,21-42,49-62H,10-11,13-20H2,1-8H3/b12-9+/t21-,22+,23-,24+,25+,26+,27+,28-,29-,30+,31+,32+,33-,34-,35-,36+,37+,38+,39-,40-,41-,42-,45+,46+,47+,48-/m0/s1. The monoisotopic (exact) mass is 995 g/mol. The van der Waals surface area contributed by atoms with Crippen LogP contribution >= 0.6 is 0 Å². The van der Waals surface area contributed by atoms with Gasteiger partial charge in [-0.2, -0.15) is 0 Å². The van der Waals surface area contributed by atoms with Gasteiger partial charge in [0.15, 0.2) is 18.9 Å². The van der Waals surface area contributed by atoms with Gasteiger partial charge in [0.2, 0.25) is 0 Å². The number of rotatable bonds is 14. The zero-order valence-electron chi connectivity index (χ0n) is 41.0. The average molecular weight is 995 g/mol. The molecule has 0 unspecified atom stereocenters. The minimum Gasteiger partial charge on any atom is -0.394 e. The number of ether oxygens (including phenoxy) is 6. The first kappa shape index (κ1) is 55.6. The second-order valence-electron chi connectivity index (χ2n) is 23.5. The van der Waals surface area contributed by atoms with Gasteiger partial charge in [0.25, 0.3) is 0 Å². The van der Waals surface area contributed by atoms with Crippen LogP contribution in [0.25, 0.3) is 0 Å². The number of hydrogen-bond donors (Lipinski definition) is 14. The third-order valence-corrected chi connectivity index (χ3v) is 18.8. The van der Waals surface area contributed by atoms with Crippen LogP contribution in [0.5, 0.6) is 0 Å². The molecule has 4 saturated carbocycles. The van der Waals surface area contributed by atoms with E-state index in [-0.39, 0.29) is 18.3 Å². The zero-order chi connectivity index (χ0) is 51.1. The Kier molecular flexibility index (Phi) is 16.3. The van der Waals surface area contributed by atoms with E-state index >= 15 is 0 Å². The van der Waals surface area contributed by atoms with Crippen LogP contribution in [0.3, 0.4) is 0 Å². The fraction of sp³-hybridized carbons (Fsp3) is 0.958. The molecule has 21 heteroatoms. The van der Waals surface area contributed by atoms with Crippen LogP contribution in [-0.2, 0) is 33.3 Å². The van der Waals surface area contributed by atoms with Crippen molar-refractivity contribution in [2.24, 2.45) is 45.3 Å². The molecule has 3 saturated heterocycles. The van der Waals surface area contributed by atoms with Gasteiger partial charge in [-0.1, -0.05) is 46.8 Å². The molecule has 0 amide bonds. The summed E-state index contributed by atoms with van der Waals surface area (Å²) in [5, 5.41) is 151. The predicted molar refractivity (Wildman–Crippen MR) is 238 cm³/mol. The van der Waals surface area contributed by atoms with Gasteiger partial charge in [-0.05, 0) is 111 Å². The molecule has 0 radical (unpaired) electrons. The molecule has 0 spiro atoms. The molecule has 4 aliphatic carbocycles. The second kappa shape index (κ2) is 20.2. The molecule has 21 nitrogen and oxygen atoms in total. The van der Waals surface area contributed by atoms with E-state index in [1.54, 1.807) is 26.0 Å². The Morgan fingerprint density at radius 2 is 1.14 bits per heavy atom. The topological polar surface area (TPSA) is 348 Å². The van der Waals surface area contributed by atoms with Crippen LogP contribution in [0.4, 0.5) is 0 Å². The number of aliphatic hydroxyl groups excluding tert-OH is 13. The molecule has 7 fully saturated rings. The van der Waals surface area contributed by atoms with E-state index in [0.717, 1.165) is 0 Å². The quantitative estimate of drug-likeness (QED) is 0.0404. The summed E-state index contributed by atoms with van der Waals surface area (Å²) >= 11 is 0. The van der Waals surface area contributed by atoms with Gasteiger partial charge in [-0.15, -0.1) is 0 Å². The highest BCUT2D eigenvalue weighted by atomic mass is 17.1. The summed E-state index contributed by atoms with van der Waals surface area (Å²) in [5.74, 6) is -1.35. The highest BCUT2D eigenvalue weighted by Gasteiger charge is 2.74. The van der Waals surface area contributed by atoms with Gasteiger partial charge in [-0.25, -0.2) is 4.89 Å². The third-order valence-electron chi connectivity index (χ3n) is 18.8. The first-order valence-corrected chi connectivity index (χ1v) is 24.7. The van der Waals surface area contributed by atoms with Gasteiger partial charge in [0.05, 0.1) is 43.7 Å². The summed E-state index contributed by atoms with van der Waals surface area (Å²) in [6.45, 7) is 13.6. The third kappa shape index (κ3) is 9.43. The molecule has 14 N–H and O–H groups in total. The average Bonchev–Trinajstić information content (AvgIpc) is 3.68. The van der Waals surface area contributed by atoms with Gasteiger partial charge in [0.1, 0.15) is 78.8 Å². The first-order valence-electron chi connectivity index (χ1n) is 24.7. The second-order valence-corrected chi connectivity index (χ2v) is 23.5. The molecule has 69 heavy (non-hydrogen) atoms. The molecule has 7 rings (SSSR count). The SMILES string of the molecule is CC(C)(/C=C/C[C@](C)(O[C@@H]1O[C@H](CO)[C@@H](O)[C@H](O)[C@H]1O)[C@H]1CC[C@]2(C)[C@@H]1[C@H](O)C[C@@H]1[C@@]3(C)CC[C@H](O[C@@H]4O[C@H](CO)[C@@H](O)[C@H](O)[C@H]4O[C@@H]4O[C@H](CO)[C@@H](O)[C@H](O)[C@H]4O)C(C)(C)[C@@H]3[C@@H](O)C[C@]12C)OO. The molecule has 3 heterocycles. The Morgan fingerprint density at radius 3 is 1.71 bits per heavy atom. The van der Waals surface area contributed by atoms with Gasteiger partial charge in [-0.3, -0.25) is 5.26 Å². The van der Waals surface area contributed by atoms with Crippen LogP contribution in [0, 0.1) is 45.3 Å². The van der Waals surface area contributed by atoms with Crippen molar-refractivity contribution in [3.8, 4) is 0 Å². The Labute approximate surface area is 403 Å². The lowest BCUT2D eigenvalue weighted by Gasteiger charge is -2.71. The normalized spacial score (nSPS) is 52.2. The minimum absolute atomic E-state index is 0.127. The number of hydrogen-bond acceptors (Lipinski definition) is 21. The van der Waals surface area contributed by atoms with E-state index in [1.165, 1.54) is 0 Å². The highest BCUT2D eigenvalue weighted by Crippen LogP contribution is 2.76. The summed E-state index contributed by atoms with van der Waals surface area (Å²) in [4.78, 5) is 4.65. The first-order chi connectivity index (χ1) is 32.1. The van der Waals surface area contributed by atoms with Crippen LogP contribution in [0.15, 0.2) is 12.2 Å². The Hall–Kier alpha value is -1.10. The highest BCUT2D eigenvalue weighted by molar-refractivity contribution is 5.22. The summed E-state index contributed by atoms with van der Waals surface area (Å²) in [7, 11) is 0. The van der Waals surface area contributed by atoms with Crippen LogP contribution < -0.4 is 0 Å². The molecular weight excluding hydrogens is 913 g/mol. The lowest BCUT2D eigenvalue weighted by atomic mass is 9.34. The Balaban J connectivity index is 1.16. The van der Waals surface area contributed by atoms with E-state index in [0.29, 0.717) is 38.5 Å². The summed E-state index contributed by atoms with van der Waals surface area (Å²) in [6.07, 6.45) is -19.8. The van der Waals surface area contributed by atoms with E-state index in [4.69, 9.17) is 28.4 Å².